The Bertz CT molecular complexity index is 412. The number of carbonyl (C=O) groups is 1. The van der Waals surface area contributed by atoms with Crippen LogP contribution in [-0.2, 0) is 0 Å². The van der Waals surface area contributed by atoms with Crippen LogP contribution in [0.15, 0.2) is 18.2 Å². The summed E-state index contributed by atoms with van der Waals surface area (Å²) in [4.78, 5) is 10.8. The monoisotopic (exact) mass is 246 g/mol. The maximum Gasteiger partial charge on any atom is 0.150 e. The summed E-state index contributed by atoms with van der Waals surface area (Å²) in [5.74, 6) is 1.59. The molecule has 0 heterocycles. The highest BCUT2D eigenvalue weighted by Crippen LogP contribution is 2.30. The predicted molar refractivity (Wildman–Crippen MR) is 73.2 cm³/mol. The highest BCUT2D eigenvalue weighted by Gasteiger charge is 2.25. The minimum absolute atomic E-state index is 0.352. The number of ether oxygens (including phenoxy) is 1. The summed E-state index contributed by atoms with van der Waals surface area (Å²) < 4.78 is 6.12. The van der Waals surface area contributed by atoms with Crippen LogP contribution in [0.25, 0.3) is 0 Å². The van der Waals surface area contributed by atoms with E-state index < -0.39 is 0 Å². The third-order valence-corrected chi connectivity index (χ3v) is 4.02. The molecule has 2 atom stereocenters. The molecule has 18 heavy (non-hydrogen) atoms. The fourth-order valence-corrected chi connectivity index (χ4v) is 2.82. The lowest BCUT2D eigenvalue weighted by Gasteiger charge is -2.31. The quantitative estimate of drug-likeness (QED) is 0.746. The van der Waals surface area contributed by atoms with Crippen molar-refractivity contribution in [2.24, 2.45) is 5.92 Å². The van der Waals surface area contributed by atoms with Gasteiger partial charge in [-0.15, -0.1) is 0 Å². The Labute approximate surface area is 109 Å². The molecule has 0 radical (unpaired) electrons. The lowest BCUT2D eigenvalue weighted by Crippen LogP contribution is -2.29. The fraction of sp³-hybridized carbons (Fsp3) is 0.562. The molecular formula is C16H22O2. The third-order valence-electron chi connectivity index (χ3n) is 4.02. The molecule has 0 amide bonds. The SMILES string of the molecule is CCC1CCCCC1Oc1ccc(C=O)c(C)c1. The lowest BCUT2D eigenvalue weighted by molar-refractivity contribution is 0.0903. The highest BCUT2D eigenvalue weighted by atomic mass is 16.5. The molecule has 2 heteroatoms. The summed E-state index contributed by atoms with van der Waals surface area (Å²) in [6.07, 6.45) is 7.49. The van der Waals surface area contributed by atoms with Gasteiger partial charge in [-0.05, 0) is 62.3 Å². The first-order valence-electron chi connectivity index (χ1n) is 6.97. The van der Waals surface area contributed by atoms with Crippen LogP contribution < -0.4 is 4.74 Å². The molecule has 98 valence electrons. The van der Waals surface area contributed by atoms with E-state index in [0.29, 0.717) is 12.0 Å². The zero-order chi connectivity index (χ0) is 13.0. The lowest BCUT2D eigenvalue weighted by atomic mass is 9.85. The van der Waals surface area contributed by atoms with E-state index in [-0.39, 0.29) is 0 Å². The number of hydrogen-bond donors (Lipinski definition) is 0. The Hall–Kier alpha value is -1.31. The molecule has 1 aliphatic rings. The van der Waals surface area contributed by atoms with Gasteiger partial charge in [0, 0.05) is 5.56 Å². The summed E-state index contributed by atoms with van der Waals surface area (Å²) >= 11 is 0. The smallest absolute Gasteiger partial charge is 0.150 e. The highest BCUT2D eigenvalue weighted by molar-refractivity contribution is 5.77. The minimum Gasteiger partial charge on any atom is -0.490 e. The zero-order valence-corrected chi connectivity index (χ0v) is 11.3. The van der Waals surface area contributed by atoms with Crippen molar-refractivity contribution < 1.29 is 9.53 Å². The fourth-order valence-electron chi connectivity index (χ4n) is 2.82. The van der Waals surface area contributed by atoms with Crippen LogP contribution in [0.5, 0.6) is 5.75 Å². The standard InChI is InChI=1S/C16H22O2/c1-3-13-6-4-5-7-16(13)18-15-9-8-14(11-17)12(2)10-15/h8-11,13,16H,3-7H2,1-2H3. The van der Waals surface area contributed by atoms with E-state index >= 15 is 0 Å². The largest absolute Gasteiger partial charge is 0.490 e. The van der Waals surface area contributed by atoms with Gasteiger partial charge < -0.3 is 4.74 Å². The second-order valence-corrected chi connectivity index (χ2v) is 5.25. The number of aryl methyl sites for hydroxylation is 1. The molecule has 1 fully saturated rings. The maximum absolute atomic E-state index is 10.8. The Morgan fingerprint density at radius 2 is 2.11 bits per heavy atom. The van der Waals surface area contributed by atoms with Gasteiger partial charge in [0.2, 0.25) is 0 Å². The molecule has 0 aliphatic heterocycles. The molecule has 1 aromatic rings. The van der Waals surface area contributed by atoms with Crippen molar-refractivity contribution in [2.45, 2.75) is 52.1 Å². The first-order chi connectivity index (χ1) is 8.74. The van der Waals surface area contributed by atoms with Gasteiger partial charge in [-0.3, -0.25) is 4.79 Å². The van der Waals surface area contributed by atoms with E-state index in [1.54, 1.807) is 0 Å². The van der Waals surface area contributed by atoms with Crippen molar-refractivity contribution in [1.29, 1.82) is 0 Å². The summed E-state index contributed by atoms with van der Waals surface area (Å²) in [5.41, 5.74) is 1.74. The molecule has 0 N–H and O–H groups in total. The summed E-state index contributed by atoms with van der Waals surface area (Å²) in [7, 11) is 0. The molecule has 1 aliphatic carbocycles. The molecule has 0 aromatic heterocycles. The van der Waals surface area contributed by atoms with E-state index in [1.807, 2.05) is 25.1 Å². The summed E-state index contributed by atoms with van der Waals surface area (Å²) in [6, 6.07) is 5.74. The van der Waals surface area contributed by atoms with Gasteiger partial charge in [0.25, 0.3) is 0 Å². The van der Waals surface area contributed by atoms with E-state index in [4.69, 9.17) is 4.74 Å². The molecule has 2 rings (SSSR count). The van der Waals surface area contributed by atoms with Gasteiger partial charge in [0.05, 0.1) is 0 Å². The zero-order valence-electron chi connectivity index (χ0n) is 11.3. The van der Waals surface area contributed by atoms with Gasteiger partial charge in [0.15, 0.2) is 0 Å². The molecule has 2 nitrogen and oxygen atoms in total. The molecule has 1 saturated carbocycles. The van der Waals surface area contributed by atoms with E-state index in [1.165, 1.54) is 25.7 Å². The number of benzene rings is 1. The average Bonchev–Trinajstić information content (AvgIpc) is 2.39. The van der Waals surface area contributed by atoms with E-state index in [2.05, 4.69) is 6.92 Å². The van der Waals surface area contributed by atoms with Crippen LogP contribution in [0.4, 0.5) is 0 Å². The van der Waals surface area contributed by atoms with Crippen LogP contribution in [0.2, 0.25) is 0 Å². The van der Waals surface area contributed by atoms with Crippen molar-refractivity contribution in [3.8, 4) is 5.75 Å². The van der Waals surface area contributed by atoms with Gasteiger partial charge in [-0.2, -0.15) is 0 Å². The molecular weight excluding hydrogens is 224 g/mol. The Morgan fingerprint density at radius 3 is 2.78 bits per heavy atom. The third kappa shape index (κ3) is 2.92. The van der Waals surface area contributed by atoms with Crippen molar-refractivity contribution in [2.75, 3.05) is 0 Å². The van der Waals surface area contributed by atoms with Crippen LogP contribution in [0, 0.1) is 12.8 Å². The van der Waals surface area contributed by atoms with Crippen molar-refractivity contribution >= 4 is 6.29 Å². The normalized spacial score (nSPS) is 23.7. The number of hydrogen-bond acceptors (Lipinski definition) is 2. The minimum atomic E-state index is 0.352. The molecule has 0 bridgehead atoms. The van der Waals surface area contributed by atoms with Crippen LogP contribution in [0.1, 0.15) is 54.9 Å². The Balaban J connectivity index is 2.08. The molecule has 1 aromatic carbocycles. The molecule has 2 unspecified atom stereocenters. The second-order valence-electron chi connectivity index (χ2n) is 5.25. The van der Waals surface area contributed by atoms with Crippen LogP contribution in [-0.4, -0.2) is 12.4 Å². The average molecular weight is 246 g/mol. The van der Waals surface area contributed by atoms with Crippen LogP contribution in [0.3, 0.4) is 0 Å². The molecule has 0 spiro atoms. The van der Waals surface area contributed by atoms with Crippen molar-refractivity contribution in [3.05, 3.63) is 29.3 Å². The van der Waals surface area contributed by atoms with Crippen molar-refractivity contribution in [3.63, 3.8) is 0 Å². The summed E-state index contributed by atoms with van der Waals surface area (Å²) in [6.45, 7) is 4.20. The first-order valence-corrected chi connectivity index (χ1v) is 6.97. The maximum atomic E-state index is 10.8. The number of rotatable bonds is 4. The van der Waals surface area contributed by atoms with Gasteiger partial charge in [-0.1, -0.05) is 13.3 Å². The van der Waals surface area contributed by atoms with Gasteiger partial charge >= 0.3 is 0 Å². The number of aldehydes is 1. The molecule has 0 saturated heterocycles. The Morgan fingerprint density at radius 1 is 1.33 bits per heavy atom. The van der Waals surface area contributed by atoms with Gasteiger partial charge in [0.1, 0.15) is 18.1 Å². The predicted octanol–water partition coefficient (Wildman–Crippen LogP) is 4.16. The topological polar surface area (TPSA) is 26.3 Å². The number of carbonyl (C=O) groups excluding carboxylic acids is 1. The van der Waals surface area contributed by atoms with E-state index in [0.717, 1.165) is 29.6 Å². The second kappa shape index (κ2) is 6.03. The Kier molecular flexibility index (Phi) is 4.40. The van der Waals surface area contributed by atoms with Crippen LogP contribution >= 0.6 is 0 Å². The summed E-state index contributed by atoms with van der Waals surface area (Å²) in [5, 5.41) is 0. The van der Waals surface area contributed by atoms with E-state index in [9.17, 15) is 4.79 Å². The first kappa shape index (κ1) is 13.1. The van der Waals surface area contributed by atoms with Gasteiger partial charge in [-0.25, -0.2) is 0 Å². The van der Waals surface area contributed by atoms with Crippen molar-refractivity contribution in [1.82, 2.24) is 0 Å².